The van der Waals surface area contributed by atoms with Crippen molar-refractivity contribution >= 4 is 5.69 Å². The molecule has 2 aromatic carbocycles. The van der Waals surface area contributed by atoms with Gasteiger partial charge in [-0.25, -0.2) is 0 Å². The maximum Gasteiger partial charge on any atom is 0.322 e. The van der Waals surface area contributed by atoms with E-state index in [0.717, 1.165) is 0 Å². The Morgan fingerprint density at radius 2 is 1.71 bits per heavy atom. The lowest BCUT2D eigenvalue weighted by Crippen LogP contribution is -2.36. The topological polar surface area (TPSA) is 61.7 Å². The highest BCUT2D eigenvalue weighted by Crippen LogP contribution is 2.42. The Balaban J connectivity index is 2.05. The molecule has 4 heteroatoms. The van der Waals surface area contributed by atoms with Gasteiger partial charge in [0.25, 0.3) is 0 Å². The molecule has 0 bridgehead atoms. The minimum absolute atomic E-state index is 0.0182. The first kappa shape index (κ1) is 9.99. The first-order valence-corrected chi connectivity index (χ1v) is 5.26. The van der Waals surface area contributed by atoms with Crippen LogP contribution in [0, 0.1) is 0 Å². The van der Waals surface area contributed by atoms with Gasteiger partial charge in [0.2, 0.25) is 0 Å². The van der Waals surface area contributed by atoms with E-state index in [0.29, 0.717) is 11.4 Å². The quantitative estimate of drug-likeness (QED) is 0.700. The predicted molar refractivity (Wildman–Crippen MR) is 62.7 cm³/mol. The fourth-order valence-electron chi connectivity index (χ4n) is 1.91. The summed E-state index contributed by atoms with van der Waals surface area (Å²) >= 11 is 0. The molecule has 0 radical (unpaired) electrons. The van der Waals surface area contributed by atoms with Gasteiger partial charge in [0.1, 0.15) is 11.5 Å². The van der Waals surface area contributed by atoms with Gasteiger partial charge in [-0.05, 0) is 24.3 Å². The number of hydrogen-bond donors (Lipinski definition) is 3. The molecule has 4 nitrogen and oxygen atoms in total. The summed E-state index contributed by atoms with van der Waals surface area (Å²) in [6.45, 7) is 0. The molecule has 1 aliphatic rings. The van der Waals surface area contributed by atoms with E-state index >= 15 is 0 Å². The lowest BCUT2D eigenvalue weighted by Gasteiger charge is -2.23. The van der Waals surface area contributed by atoms with Crippen molar-refractivity contribution in [2.45, 2.75) is 5.91 Å². The summed E-state index contributed by atoms with van der Waals surface area (Å²) in [7, 11) is 0. The van der Waals surface area contributed by atoms with Crippen LogP contribution >= 0.6 is 0 Å². The molecule has 0 spiro atoms. The molecule has 2 aromatic rings. The molecule has 0 saturated carbocycles. The number of benzene rings is 2. The van der Waals surface area contributed by atoms with Crippen molar-refractivity contribution in [3.8, 4) is 11.5 Å². The fraction of sp³-hybridized carbons (Fsp3) is 0.0769. The number of fused-ring (bicyclic) bond motifs is 1. The Kier molecular flexibility index (Phi) is 2.00. The van der Waals surface area contributed by atoms with Gasteiger partial charge in [-0.1, -0.05) is 24.3 Å². The van der Waals surface area contributed by atoms with E-state index in [-0.39, 0.29) is 11.3 Å². The van der Waals surface area contributed by atoms with Crippen molar-refractivity contribution in [2.24, 2.45) is 0 Å². The van der Waals surface area contributed by atoms with Crippen molar-refractivity contribution < 1.29 is 14.9 Å². The van der Waals surface area contributed by atoms with Crippen LogP contribution in [0.3, 0.4) is 0 Å². The minimum Gasteiger partial charge on any atom is -0.507 e. The van der Waals surface area contributed by atoms with Crippen LogP contribution in [0.1, 0.15) is 5.56 Å². The lowest BCUT2D eigenvalue weighted by atomic mass is 10.1. The first-order valence-electron chi connectivity index (χ1n) is 5.26. The maximum atomic E-state index is 10.4. The van der Waals surface area contributed by atoms with E-state index in [1.54, 1.807) is 30.3 Å². The molecule has 17 heavy (non-hydrogen) atoms. The largest absolute Gasteiger partial charge is 0.507 e. The van der Waals surface area contributed by atoms with Gasteiger partial charge in [0.15, 0.2) is 0 Å². The highest BCUT2D eigenvalue weighted by Gasteiger charge is 2.40. The van der Waals surface area contributed by atoms with Crippen LogP contribution in [0.25, 0.3) is 0 Å². The molecule has 3 rings (SSSR count). The Hall–Kier alpha value is -2.20. The molecule has 0 fully saturated rings. The summed E-state index contributed by atoms with van der Waals surface area (Å²) in [6.07, 6.45) is 0. The Morgan fingerprint density at radius 1 is 1.00 bits per heavy atom. The molecule has 0 saturated heterocycles. The third kappa shape index (κ3) is 1.50. The third-order valence-corrected chi connectivity index (χ3v) is 2.72. The number of phenols is 1. The van der Waals surface area contributed by atoms with E-state index in [2.05, 4.69) is 5.32 Å². The molecule has 0 aromatic heterocycles. The van der Waals surface area contributed by atoms with E-state index < -0.39 is 5.91 Å². The van der Waals surface area contributed by atoms with Gasteiger partial charge in [0.05, 0.1) is 11.3 Å². The predicted octanol–water partition coefficient (Wildman–Crippen LogP) is 2.00. The Labute approximate surface area is 98.1 Å². The van der Waals surface area contributed by atoms with Crippen molar-refractivity contribution in [1.82, 2.24) is 0 Å². The molecule has 1 unspecified atom stereocenters. The molecule has 3 N–H and O–H groups in total. The molecule has 1 aliphatic heterocycles. The Bertz CT molecular complexity index is 543. The SMILES string of the molecule is Oc1ccccc1C1(O)Nc2ccccc2O1. The summed E-state index contributed by atoms with van der Waals surface area (Å²) < 4.78 is 5.45. The molecule has 0 amide bonds. The van der Waals surface area contributed by atoms with E-state index in [9.17, 15) is 10.2 Å². The van der Waals surface area contributed by atoms with Crippen LogP contribution in [0.5, 0.6) is 11.5 Å². The lowest BCUT2D eigenvalue weighted by molar-refractivity contribution is -0.109. The zero-order valence-electron chi connectivity index (χ0n) is 8.92. The van der Waals surface area contributed by atoms with Crippen LogP contribution in [0.4, 0.5) is 5.69 Å². The smallest absolute Gasteiger partial charge is 0.322 e. The molecule has 1 heterocycles. The van der Waals surface area contributed by atoms with Gasteiger partial charge >= 0.3 is 5.91 Å². The summed E-state index contributed by atoms with van der Waals surface area (Å²) in [4.78, 5) is 0. The van der Waals surface area contributed by atoms with Gasteiger partial charge in [-0.3, -0.25) is 0 Å². The van der Waals surface area contributed by atoms with Crippen molar-refractivity contribution in [3.05, 3.63) is 54.1 Å². The zero-order chi connectivity index (χ0) is 11.9. The minimum atomic E-state index is -1.71. The highest BCUT2D eigenvalue weighted by molar-refractivity contribution is 5.62. The third-order valence-electron chi connectivity index (χ3n) is 2.72. The standard InChI is InChI=1S/C13H11NO3/c15-11-7-3-1-5-9(11)13(16)14-10-6-2-4-8-12(10)17-13/h1-8,14-16H. The molecular formula is C13H11NO3. The van der Waals surface area contributed by atoms with Gasteiger partial charge < -0.3 is 20.3 Å². The number of aliphatic hydroxyl groups is 1. The van der Waals surface area contributed by atoms with Crippen LogP contribution in [0.15, 0.2) is 48.5 Å². The highest BCUT2D eigenvalue weighted by atomic mass is 16.7. The molecule has 1 atom stereocenters. The van der Waals surface area contributed by atoms with E-state index in [4.69, 9.17) is 4.74 Å². The van der Waals surface area contributed by atoms with Crippen molar-refractivity contribution in [3.63, 3.8) is 0 Å². The average molecular weight is 229 g/mol. The zero-order valence-corrected chi connectivity index (χ0v) is 8.92. The number of nitrogens with one attached hydrogen (secondary N) is 1. The van der Waals surface area contributed by atoms with Gasteiger partial charge in [-0.2, -0.15) is 0 Å². The second kappa shape index (κ2) is 3.40. The van der Waals surface area contributed by atoms with Gasteiger partial charge in [-0.15, -0.1) is 0 Å². The molecule has 86 valence electrons. The number of aromatic hydroxyl groups is 1. The second-order valence-electron chi connectivity index (χ2n) is 3.88. The average Bonchev–Trinajstić information content (AvgIpc) is 2.66. The van der Waals surface area contributed by atoms with Crippen LogP contribution in [-0.2, 0) is 5.91 Å². The number of para-hydroxylation sites is 3. The summed E-state index contributed by atoms with van der Waals surface area (Å²) in [6, 6.07) is 13.7. The summed E-state index contributed by atoms with van der Waals surface area (Å²) in [5.41, 5.74) is 0.981. The summed E-state index contributed by atoms with van der Waals surface area (Å²) in [5.74, 6) is -1.18. The number of hydrogen-bond acceptors (Lipinski definition) is 4. The van der Waals surface area contributed by atoms with Crippen LogP contribution < -0.4 is 10.1 Å². The van der Waals surface area contributed by atoms with Crippen molar-refractivity contribution in [1.29, 1.82) is 0 Å². The van der Waals surface area contributed by atoms with Gasteiger partial charge in [0, 0.05) is 0 Å². The van der Waals surface area contributed by atoms with Crippen LogP contribution in [-0.4, -0.2) is 10.2 Å². The molecular weight excluding hydrogens is 218 g/mol. The summed E-state index contributed by atoms with van der Waals surface area (Å²) in [5, 5.41) is 22.9. The first-order chi connectivity index (χ1) is 8.19. The normalized spacial score (nSPS) is 21.5. The maximum absolute atomic E-state index is 10.4. The monoisotopic (exact) mass is 229 g/mol. The van der Waals surface area contributed by atoms with E-state index in [1.165, 1.54) is 6.07 Å². The number of ether oxygens (including phenoxy) is 1. The number of rotatable bonds is 1. The second-order valence-corrected chi connectivity index (χ2v) is 3.88. The van der Waals surface area contributed by atoms with E-state index in [1.807, 2.05) is 12.1 Å². The number of anilines is 1. The fourth-order valence-corrected chi connectivity index (χ4v) is 1.91. The molecule has 0 aliphatic carbocycles. The number of phenolic OH excluding ortho intramolecular Hbond substituents is 1. The van der Waals surface area contributed by atoms with Crippen molar-refractivity contribution in [2.75, 3.05) is 5.32 Å². The Morgan fingerprint density at radius 3 is 2.47 bits per heavy atom. The van der Waals surface area contributed by atoms with Crippen LogP contribution in [0.2, 0.25) is 0 Å².